The van der Waals surface area contributed by atoms with E-state index in [1.165, 1.54) is 13.8 Å². The summed E-state index contributed by atoms with van der Waals surface area (Å²) in [4.78, 5) is 40.7. The van der Waals surface area contributed by atoms with Crippen LogP contribution in [0.15, 0.2) is 16.1 Å². The number of esters is 3. The van der Waals surface area contributed by atoms with Crippen LogP contribution in [0, 0.1) is 0 Å². The Morgan fingerprint density at radius 2 is 1.60 bits per heavy atom. The summed E-state index contributed by atoms with van der Waals surface area (Å²) in [6, 6.07) is 0. The van der Waals surface area contributed by atoms with Gasteiger partial charge in [-0.1, -0.05) is 0 Å². The summed E-state index contributed by atoms with van der Waals surface area (Å²) < 4.78 is 20.8. The lowest BCUT2D eigenvalue weighted by Crippen LogP contribution is -2.37. The minimum Gasteiger partial charge on any atom is -0.462 e. The largest absolute Gasteiger partial charge is 0.462 e. The lowest BCUT2D eigenvalue weighted by molar-refractivity contribution is -0.182. The number of rotatable bonds is 5. The molecular weight excluding hydrogens is 330 g/mol. The molecule has 0 aromatic rings. The van der Waals surface area contributed by atoms with Crippen molar-refractivity contribution in [2.45, 2.75) is 59.8 Å². The minimum atomic E-state index is -1.83. The van der Waals surface area contributed by atoms with E-state index in [1.54, 1.807) is 34.6 Å². The number of carbonyl (C=O) groups excluding carboxylic acids is 3. The molecule has 0 radical (unpaired) electrons. The molecule has 0 spiro atoms. The Bertz CT molecular complexity index is 627. The zero-order chi connectivity index (χ0) is 19.4. The first-order chi connectivity index (χ1) is 11.4. The van der Waals surface area contributed by atoms with Crippen LogP contribution in [-0.2, 0) is 33.3 Å². The Morgan fingerprint density at radius 3 is 2.04 bits per heavy atom. The molecule has 0 N–H and O–H groups in total. The highest BCUT2D eigenvalue weighted by Crippen LogP contribution is 2.37. The third-order valence-corrected chi connectivity index (χ3v) is 2.94. The van der Waals surface area contributed by atoms with Crippen molar-refractivity contribution in [2.75, 3.05) is 13.2 Å². The normalized spacial score (nSPS) is 21.8. The second-order valence-electron chi connectivity index (χ2n) is 6.42. The number of nitrogens with zero attached hydrogens (tertiary/aromatic N) is 1. The fourth-order valence-electron chi connectivity index (χ4n) is 2.23. The van der Waals surface area contributed by atoms with Gasteiger partial charge in [0.25, 0.3) is 5.79 Å². The van der Waals surface area contributed by atoms with Crippen molar-refractivity contribution in [3.05, 3.63) is 11.1 Å². The van der Waals surface area contributed by atoms with Crippen LogP contribution in [0.25, 0.3) is 0 Å². The van der Waals surface area contributed by atoms with Gasteiger partial charge in [-0.3, -0.25) is 4.79 Å². The summed E-state index contributed by atoms with van der Waals surface area (Å²) in [6.07, 6.45) is 0. The molecule has 1 unspecified atom stereocenters. The van der Waals surface area contributed by atoms with Gasteiger partial charge in [0.15, 0.2) is 0 Å². The monoisotopic (exact) mass is 355 g/mol. The molecule has 140 valence electrons. The molecule has 1 aliphatic rings. The quantitative estimate of drug-likeness (QED) is 0.548. The van der Waals surface area contributed by atoms with Crippen LogP contribution in [0.1, 0.15) is 48.5 Å². The minimum absolute atomic E-state index is 0.0698. The molecule has 0 saturated carbocycles. The van der Waals surface area contributed by atoms with Crippen molar-refractivity contribution < 1.29 is 33.3 Å². The molecular formula is C17H25NO7. The van der Waals surface area contributed by atoms with Crippen molar-refractivity contribution in [3.63, 3.8) is 0 Å². The van der Waals surface area contributed by atoms with E-state index in [9.17, 15) is 14.4 Å². The zero-order valence-corrected chi connectivity index (χ0v) is 15.7. The Morgan fingerprint density at radius 1 is 1.08 bits per heavy atom. The Labute approximate surface area is 147 Å². The SMILES string of the molecule is CCOC(=O)C1=C(C(=O)OCC)C(C)(OC(C)=O)OC1=NC(C)(C)C. The number of aliphatic imine (C=N–C) groups is 1. The molecule has 1 rings (SSSR count). The molecule has 8 nitrogen and oxygen atoms in total. The number of ether oxygens (including phenoxy) is 4. The van der Waals surface area contributed by atoms with Gasteiger partial charge in [-0.25, -0.2) is 14.6 Å². The van der Waals surface area contributed by atoms with E-state index in [4.69, 9.17) is 18.9 Å². The first-order valence-electron chi connectivity index (χ1n) is 8.03. The highest BCUT2D eigenvalue weighted by Gasteiger charge is 2.53. The molecule has 0 saturated heterocycles. The number of hydrogen-bond donors (Lipinski definition) is 0. The summed E-state index contributed by atoms with van der Waals surface area (Å²) >= 11 is 0. The van der Waals surface area contributed by atoms with Gasteiger partial charge < -0.3 is 18.9 Å². The van der Waals surface area contributed by atoms with Crippen LogP contribution in [0.2, 0.25) is 0 Å². The van der Waals surface area contributed by atoms with Crippen molar-refractivity contribution in [3.8, 4) is 0 Å². The molecule has 25 heavy (non-hydrogen) atoms. The van der Waals surface area contributed by atoms with Crippen LogP contribution in [0.5, 0.6) is 0 Å². The van der Waals surface area contributed by atoms with Crippen molar-refractivity contribution in [2.24, 2.45) is 4.99 Å². The maximum Gasteiger partial charge on any atom is 0.344 e. The van der Waals surface area contributed by atoms with Crippen LogP contribution in [0.4, 0.5) is 0 Å². The lowest BCUT2D eigenvalue weighted by atomic mass is 10.0. The fourth-order valence-corrected chi connectivity index (χ4v) is 2.23. The first-order valence-corrected chi connectivity index (χ1v) is 8.03. The van der Waals surface area contributed by atoms with Gasteiger partial charge in [-0.05, 0) is 34.6 Å². The van der Waals surface area contributed by atoms with E-state index in [1.807, 2.05) is 0 Å². The molecule has 0 fully saturated rings. The summed E-state index contributed by atoms with van der Waals surface area (Å²) in [6.45, 7) is 11.3. The predicted molar refractivity (Wildman–Crippen MR) is 88.7 cm³/mol. The molecule has 1 aliphatic heterocycles. The molecule has 0 bridgehead atoms. The third kappa shape index (κ3) is 5.04. The number of carbonyl (C=O) groups is 3. The van der Waals surface area contributed by atoms with E-state index in [2.05, 4.69) is 4.99 Å². The molecule has 0 aromatic carbocycles. The van der Waals surface area contributed by atoms with Crippen LogP contribution < -0.4 is 0 Å². The number of hydrogen-bond acceptors (Lipinski definition) is 8. The maximum absolute atomic E-state index is 12.5. The van der Waals surface area contributed by atoms with Crippen molar-refractivity contribution in [1.82, 2.24) is 0 Å². The highest BCUT2D eigenvalue weighted by atomic mass is 16.7. The van der Waals surface area contributed by atoms with Gasteiger partial charge in [-0.15, -0.1) is 0 Å². The van der Waals surface area contributed by atoms with Crippen molar-refractivity contribution >= 4 is 23.8 Å². The lowest BCUT2D eigenvalue weighted by Gasteiger charge is -2.25. The second kappa shape index (κ2) is 7.67. The van der Waals surface area contributed by atoms with E-state index in [-0.39, 0.29) is 30.3 Å². The van der Waals surface area contributed by atoms with Crippen LogP contribution in [0.3, 0.4) is 0 Å². The molecule has 1 atom stereocenters. The van der Waals surface area contributed by atoms with Gasteiger partial charge >= 0.3 is 17.9 Å². The first kappa shape index (κ1) is 20.7. The van der Waals surface area contributed by atoms with Gasteiger partial charge in [0.1, 0.15) is 11.1 Å². The summed E-state index contributed by atoms with van der Waals surface area (Å²) in [5, 5.41) is 0. The molecule has 8 heteroatoms. The fraction of sp³-hybridized carbons (Fsp3) is 0.647. The Kier molecular flexibility index (Phi) is 6.34. The van der Waals surface area contributed by atoms with E-state index in [0.29, 0.717) is 0 Å². The van der Waals surface area contributed by atoms with Gasteiger partial charge in [-0.2, -0.15) is 0 Å². The predicted octanol–water partition coefficient (Wildman–Crippen LogP) is 1.92. The van der Waals surface area contributed by atoms with Crippen LogP contribution in [-0.4, -0.2) is 48.3 Å². The maximum atomic E-state index is 12.5. The average molecular weight is 355 g/mol. The van der Waals surface area contributed by atoms with E-state index < -0.39 is 29.2 Å². The summed E-state index contributed by atoms with van der Waals surface area (Å²) in [5.74, 6) is -4.29. The molecule has 0 aliphatic carbocycles. The summed E-state index contributed by atoms with van der Waals surface area (Å²) in [7, 11) is 0. The van der Waals surface area contributed by atoms with Crippen LogP contribution >= 0.6 is 0 Å². The van der Waals surface area contributed by atoms with E-state index in [0.717, 1.165) is 0 Å². The van der Waals surface area contributed by atoms with E-state index >= 15 is 0 Å². The standard InChI is InChI=1S/C17H25NO7/c1-8-22-14(20)11-12(15(21)23-9-2)17(7,24-10(3)19)25-13(11)18-16(4,5)6/h8-9H2,1-7H3. The Balaban J connectivity index is 3.64. The zero-order valence-electron chi connectivity index (χ0n) is 15.7. The van der Waals surface area contributed by atoms with Crippen molar-refractivity contribution in [1.29, 1.82) is 0 Å². The van der Waals surface area contributed by atoms with Gasteiger partial charge in [0, 0.05) is 13.8 Å². The molecule has 0 amide bonds. The highest BCUT2D eigenvalue weighted by molar-refractivity contribution is 6.23. The van der Waals surface area contributed by atoms with Gasteiger partial charge in [0.2, 0.25) is 5.90 Å². The topological polar surface area (TPSA) is 100 Å². The average Bonchev–Trinajstić information content (AvgIpc) is 2.68. The smallest absolute Gasteiger partial charge is 0.344 e. The third-order valence-electron chi connectivity index (χ3n) is 2.94. The molecule has 0 aromatic heterocycles. The Hall–Kier alpha value is -2.38. The van der Waals surface area contributed by atoms with Gasteiger partial charge in [0.05, 0.1) is 18.8 Å². The molecule has 1 heterocycles. The second-order valence-corrected chi connectivity index (χ2v) is 6.42. The summed E-state index contributed by atoms with van der Waals surface area (Å²) in [5.41, 5.74) is -1.06.